The highest BCUT2D eigenvalue weighted by molar-refractivity contribution is 6.59. The zero-order valence-electron chi connectivity index (χ0n) is 17.4. The molecular formula is C20H23B2FN2O8. The average molecular weight is 460 g/mol. The highest BCUT2D eigenvalue weighted by Gasteiger charge is 2.22. The van der Waals surface area contributed by atoms with Crippen molar-refractivity contribution in [3.63, 3.8) is 0 Å². The van der Waals surface area contributed by atoms with Crippen LogP contribution in [0.5, 0.6) is 0 Å². The Morgan fingerprint density at radius 1 is 0.879 bits per heavy atom. The van der Waals surface area contributed by atoms with Crippen LogP contribution in [0.15, 0.2) is 36.4 Å². The highest BCUT2D eigenvalue weighted by Crippen LogP contribution is 2.13. The number of carbonyl (C=O) groups is 3. The molecule has 0 saturated heterocycles. The van der Waals surface area contributed by atoms with Crippen LogP contribution in [0.1, 0.15) is 45.5 Å². The van der Waals surface area contributed by atoms with E-state index in [1.165, 1.54) is 12.1 Å². The first-order valence-electron chi connectivity index (χ1n) is 9.98. The van der Waals surface area contributed by atoms with Crippen LogP contribution < -0.4 is 22.0 Å². The largest absolute Gasteiger partial charge is 0.488 e. The Bertz CT molecular complexity index is 1040. The average Bonchev–Trinajstić information content (AvgIpc) is 2.77. The third kappa shape index (κ3) is 7.48. The molecule has 2 aromatic carbocycles. The predicted octanol–water partition coefficient (Wildman–Crippen LogP) is -2.27. The Balaban J connectivity index is 2.20. The summed E-state index contributed by atoms with van der Waals surface area (Å²) in [4.78, 5) is 36.1. The van der Waals surface area contributed by atoms with Crippen molar-refractivity contribution >= 4 is 42.8 Å². The molecule has 10 nitrogen and oxygen atoms in total. The number of carboxylic acids is 1. The highest BCUT2D eigenvalue weighted by atomic mass is 19.1. The summed E-state index contributed by atoms with van der Waals surface area (Å²) in [6.07, 6.45) is 1.12. The first kappa shape index (κ1) is 26.2. The molecule has 2 rings (SSSR count). The second kappa shape index (κ2) is 11.7. The van der Waals surface area contributed by atoms with Crippen molar-refractivity contribution in [3.05, 3.63) is 58.9 Å². The van der Waals surface area contributed by atoms with Crippen LogP contribution in [0, 0.1) is 5.82 Å². The van der Waals surface area contributed by atoms with Gasteiger partial charge in [0.2, 0.25) is 0 Å². The lowest BCUT2D eigenvalue weighted by Gasteiger charge is -2.11. The first-order valence-corrected chi connectivity index (χ1v) is 9.98. The predicted molar refractivity (Wildman–Crippen MR) is 118 cm³/mol. The maximum absolute atomic E-state index is 13.8. The Kier molecular flexibility index (Phi) is 9.26. The summed E-state index contributed by atoms with van der Waals surface area (Å²) in [6.45, 7) is 0.183. The number of nitrogens with two attached hydrogens (primary N) is 1. The normalized spacial score (nSPS) is 11.6. The molecule has 0 spiro atoms. The number of hydrogen-bond donors (Lipinski definition) is 7. The van der Waals surface area contributed by atoms with Gasteiger partial charge in [0.25, 0.3) is 5.91 Å². The van der Waals surface area contributed by atoms with Crippen molar-refractivity contribution in [3.8, 4) is 0 Å². The zero-order valence-corrected chi connectivity index (χ0v) is 17.4. The number of carbonyl (C=O) groups excluding carboxylic acids is 2. The SMILES string of the molecule is N[C@@H](CCCCNC(=O)c1cc(B(O)O)cc(C(=O)c2cc(F)cc(B(O)O)c2)c1)C(=O)O. The number of benzene rings is 2. The number of unbranched alkanes of at least 4 members (excludes halogenated alkanes) is 1. The summed E-state index contributed by atoms with van der Waals surface area (Å²) in [7, 11) is -4.01. The van der Waals surface area contributed by atoms with Gasteiger partial charge >= 0.3 is 20.2 Å². The molecule has 13 heteroatoms. The second-order valence-electron chi connectivity index (χ2n) is 7.39. The topological polar surface area (TPSA) is 190 Å². The van der Waals surface area contributed by atoms with E-state index in [4.69, 9.17) is 10.8 Å². The lowest BCUT2D eigenvalue weighted by molar-refractivity contribution is -0.138. The smallest absolute Gasteiger partial charge is 0.480 e. The van der Waals surface area contributed by atoms with Gasteiger partial charge in [-0.2, -0.15) is 0 Å². The zero-order chi connectivity index (χ0) is 24.7. The van der Waals surface area contributed by atoms with Gasteiger partial charge in [-0.25, -0.2) is 4.39 Å². The summed E-state index contributed by atoms with van der Waals surface area (Å²) < 4.78 is 13.8. The van der Waals surface area contributed by atoms with E-state index in [-0.39, 0.29) is 40.6 Å². The molecule has 1 atom stereocenters. The molecule has 1 amide bonds. The molecule has 174 valence electrons. The summed E-state index contributed by atoms with van der Waals surface area (Å²) in [5.41, 5.74) is 4.55. The first-order chi connectivity index (χ1) is 15.5. The number of amides is 1. The monoisotopic (exact) mass is 460 g/mol. The summed E-state index contributed by atoms with van der Waals surface area (Å²) >= 11 is 0. The molecule has 0 radical (unpaired) electrons. The molecule has 33 heavy (non-hydrogen) atoms. The number of aliphatic carboxylic acids is 1. The van der Waals surface area contributed by atoms with Crippen LogP contribution in [-0.4, -0.2) is 69.7 Å². The minimum absolute atomic E-state index is 0.0648. The van der Waals surface area contributed by atoms with Gasteiger partial charge in [-0.15, -0.1) is 0 Å². The molecule has 0 fully saturated rings. The van der Waals surface area contributed by atoms with E-state index >= 15 is 0 Å². The minimum atomic E-state index is -2.01. The summed E-state index contributed by atoms with van der Waals surface area (Å²) in [5, 5.41) is 48.9. The van der Waals surface area contributed by atoms with Crippen molar-refractivity contribution in [2.75, 3.05) is 6.54 Å². The van der Waals surface area contributed by atoms with E-state index in [0.29, 0.717) is 12.8 Å². The number of nitrogens with one attached hydrogen (secondary N) is 1. The maximum atomic E-state index is 13.8. The molecular weight excluding hydrogens is 437 g/mol. The fraction of sp³-hybridized carbons (Fsp3) is 0.250. The Morgan fingerprint density at radius 2 is 1.42 bits per heavy atom. The van der Waals surface area contributed by atoms with Crippen molar-refractivity contribution in [1.82, 2.24) is 5.32 Å². The molecule has 0 unspecified atom stereocenters. The van der Waals surface area contributed by atoms with E-state index in [0.717, 1.165) is 24.3 Å². The molecule has 0 aliphatic heterocycles. The van der Waals surface area contributed by atoms with Crippen molar-refractivity contribution in [1.29, 1.82) is 0 Å². The number of hydrogen-bond acceptors (Lipinski definition) is 8. The van der Waals surface area contributed by atoms with Gasteiger partial charge in [0.15, 0.2) is 5.78 Å². The van der Waals surface area contributed by atoms with Gasteiger partial charge in [-0.05, 0) is 54.5 Å². The Labute approximate surface area is 189 Å². The van der Waals surface area contributed by atoms with Gasteiger partial charge in [-0.1, -0.05) is 12.1 Å². The molecule has 0 aromatic heterocycles. The van der Waals surface area contributed by atoms with Crippen LogP contribution in [-0.2, 0) is 4.79 Å². The van der Waals surface area contributed by atoms with Gasteiger partial charge in [0, 0.05) is 23.2 Å². The van der Waals surface area contributed by atoms with E-state index in [2.05, 4.69) is 5.32 Å². The Hall–Kier alpha value is -3.09. The van der Waals surface area contributed by atoms with Crippen molar-refractivity contribution < 1.29 is 44.0 Å². The van der Waals surface area contributed by atoms with Crippen molar-refractivity contribution in [2.45, 2.75) is 25.3 Å². The van der Waals surface area contributed by atoms with E-state index < -0.39 is 43.8 Å². The fourth-order valence-electron chi connectivity index (χ4n) is 3.04. The quantitative estimate of drug-likeness (QED) is 0.110. The van der Waals surface area contributed by atoms with Crippen molar-refractivity contribution in [2.24, 2.45) is 5.73 Å². The fourth-order valence-corrected chi connectivity index (χ4v) is 3.04. The Morgan fingerprint density at radius 3 is 2.00 bits per heavy atom. The summed E-state index contributed by atoms with van der Waals surface area (Å²) in [6, 6.07) is 5.27. The van der Waals surface area contributed by atoms with E-state index in [1.807, 2.05) is 0 Å². The molecule has 0 aliphatic rings. The molecule has 2 aromatic rings. The lowest BCUT2D eigenvalue weighted by atomic mass is 9.77. The number of carboxylic acid groups (broad SMARTS) is 1. The van der Waals surface area contributed by atoms with Crippen LogP contribution >= 0.6 is 0 Å². The molecule has 0 saturated carbocycles. The number of ketones is 1. The molecule has 0 aliphatic carbocycles. The van der Waals surface area contributed by atoms with Crippen LogP contribution in [0.4, 0.5) is 4.39 Å². The third-order valence-corrected chi connectivity index (χ3v) is 4.80. The summed E-state index contributed by atoms with van der Waals surface area (Å²) in [5.74, 6) is -3.41. The second-order valence-corrected chi connectivity index (χ2v) is 7.39. The maximum Gasteiger partial charge on any atom is 0.488 e. The van der Waals surface area contributed by atoms with E-state index in [9.17, 15) is 38.9 Å². The van der Waals surface area contributed by atoms with Gasteiger partial charge in [-0.3, -0.25) is 14.4 Å². The third-order valence-electron chi connectivity index (χ3n) is 4.80. The van der Waals surface area contributed by atoms with E-state index in [1.54, 1.807) is 0 Å². The molecule has 0 heterocycles. The lowest BCUT2D eigenvalue weighted by Crippen LogP contribution is -2.34. The minimum Gasteiger partial charge on any atom is -0.480 e. The molecule has 8 N–H and O–H groups in total. The molecule has 0 bridgehead atoms. The standard InChI is InChI=1S/C20H23B2FN2O8/c23-16-9-12(7-15(10-16)22(32)33)18(26)11-5-13(8-14(6-11)21(30)31)19(27)25-4-2-1-3-17(24)20(28)29/h5-10,17,30-33H,1-4,24H2,(H,25,27)(H,28,29)/t17-/m0/s1. The number of halogens is 1. The number of rotatable bonds is 11. The van der Waals surface area contributed by atoms with Gasteiger partial charge in [0.05, 0.1) is 0 Å². The van der Waals surface area contributed by atoms with Crippen LogP contribution in [0.25, 0.3) is 0 Å². The van der Waals surface area contributed by atoms with Gasteiger partial charge < -0.3 is 36.3 Å². The van der Waals surface area contributed by atoms with Gasteiger partial charge in [0.1, 0.15) is 11.9 Å². The van der Waals surface area contributed by atoms with Crippen LogP contribution in [0.2, 0.25) is 0 Å². The van der Waals surface area contributed by atoms with Crippen LogP contribution in [0.3, 0.4) is 0 Å².